The minimum Gasteiger partial charge on any atom is -0.468 e. The molecular weight excluding hydrogens is 244 g/mol. The molecule has 2 aliphatic heterocycles. The molecular formula is C11H18O5S. The van der Waals surface area contributed by atoms with Crippen molar-refractivity contribution in [1.29, 1.82) is 0 Å². The molecule has 6 heteroatoms. The van der Waals surface area contributed by atoms with Gasteiger partial charge in [0.05, 0.1) is 25.1 Å². The van der Waals surface area contributed by atoms with Crippen LogP contribution < -0.4 is 0 Å². The number of rotatable bonds is 2. The number of esters is 1. The van der Waals surface area contributed by atoms with Crippen molar-refractivity contribution in [2.24, 2.45) is 5.92 Å². The van der Waals surface area contributed by atoms with Crippen LogP contribution in [0.4, 0.5) is 0 Å². The van der Waals surface area contributed by atoms with Gasteiger partial charge in [-0.2, -0.15) is 0 Å². The van der Waals surface area contributed by atoms with E-state index in [4.69, 9.17) is 9.47 Å². The van der Waals surface area contributed by atoms with Gasteiger partial charge in [-0.25, -0.2) is 8.42 Å². The number of ether oxygens (including phenoxy) is 2. The van der Waals surface area contributed by atoms with E-state index in [1.807, 2.05) is 13.8 Å². The van der Waals surface area contributed by atoms with Crippen molar-refractivity contribution in [2.45, 2.75) is 43.6 Å². The van der Waals surface area contributed by atoms with Gasteiger partial charge in [0.2, 0.25) is 0 Å². The molecule has 0 N–H and O–H groups in total. The topological polar surface area (TPSA) is 69.7 Å². The molecule has 0 aromatic carbocycles. The smallest absolute Gasteiger partial charge is 0.330 e. The minimum absolute atomic E-state index is 0.00318. The van der Waals surface area contributed by atoms with Crippen LogP contribution in [-0.4, -0.2) is 44.2 Å². The fourth-order valence-corrected chi connectivity index (χ4v) is 5.62. The van der Waals surface area contributed by atoms with Crippen molar-refractivity contribution in [3.05, 3.63) is 0 Å². The van der Waals surface area contributed by atoms with E-state index in [9.17, 15) is 13.2 Å². The Hall–Kier alpha value is -0.620. The largest absolute Gasteiger partial charge is 0.468 e. The zero-order chi connectivity index (χ0) is 12.8. The lowest BCUT2D eigenvalue weighted by molar-refractivity contribution is -0.145. The number of fused-ring (bicyclic) bond motifs is 1. The Kier molecular flexibility index (Phi) is 2.98. The molecule has 2 heterocycles. The van der Waals surface area contributed by atoms with Gasteiger partial charge in [0.25, 0.3) is 0 Å². The fraction of sp³-hybridized carbons (Fsp3) is 0.909. The zero-order valence-electron chi connectivity index (χ0n) is 10.3. The summed E-state index contributed by atoms with van der Waals surface area (Å²) < 4.78 is 33.5. The van der Waals surface area contributed by atoms with Gasteiger partial charge in [0.15, 0.2) is 14.6 Å². The van der Waals surface area contributed by atoms with Gasteiger partial charge in [0.1, 0.15) is 0 Å². The van der Waals surface area contributed by atoms with Crippen molar-refractivity contribution in [3.63, 3.8) is 0 Å². The van der Waals surface area contributed by atoms with Gasteiger partial charge in [-0.05, 0) is 12.3 Å². The van der Waals surface area contributed by atoms with E-state index in [0.717, 1.165) is 0 Å². The maximum Gasteiger partial charge on any atom is 0.330 e. The zero-order valence-corrected chi connectivity index (χ0v) is 11.1. The second-order valence-electron chi connectivity index (χ2n) is 4.93. The molecule has 4 atom stereocenters. The van der Waals surface area contributed by atoms with Gasteiger partial charge in [-0.15, -0.1) is 0 Å². The average Bonchev–Trinajstić information content (AvgIpc) is 2.75. The first kappa shape index (κ1) is 12.8. The highest BCUT2D eigenvalue weighted by molar-refractivity contribution is 7.94. The summed E-state index contributed by atoms with van der Waals surface area (Å²) in [5, 5.41) is 0. The number of methoxy groups -OCH3 is 1. The van der Waals surface area contributed by atoms with Crippen molar-refractivity contribution >= 4 is 15.8 Å². The first-order valence-electron chi connectivity index (χ1n) is 5.85. The third-order valence-electron chi connectivity index (χ3n) is 3.87. The lowest BCUT2D eigenvalue weighted by Crippen LogP contribution is -2.49. The Morgan fingerprint density at radius 1 is 1.53 bits per heavy atom. The van der Waals surface area contributed by atoms with Crippen LogP contribution in [0.25, 0.3) is 0 Å². The van der Waals surface area contributed by atoms with E-state index in [1.54, 1.807) is 0 Å². The Labute approximate surface area is 101 Å². The quantitative estimate of drug-likeness (QED) is 0.679. The Morgan fingerprint density at radius 2 is 2.18 bits per heavy atom. The molecule has 17 heavy (non-hydrogen) atoms. The SMILES string of the molecule is CCC1CC2(C(=O)OC)C(O1)C(C)CS2(=O)=O. The molecule has 0 radical (unpaired) electrons. The number of hydrogen-bond acceptors (Lipinski definition) is 5. The molecule has 4 unspecified atom stereocenters. The third-order valence-corrected chi connectivity index (χ3v) is 6.51. The Balaban J connectivity index is 2.50. The van der Waals surface area contributed by atoms with Crippen molar-refractivity contribution in [2.75, 3.05) is 12.9 Å². The standard InChI is InChI=1S/C11H18O5S/c1-4-8-5-11(10(12)15-3)9(16-8)7(2)6-17(11,13)14/h7-9H,4-6H2,1-3H3. The summed E-state index contributed by atoms with van der Waals surface area (Å²) in [5.74, 6) is -0.818. The molecule has 98 valence electrons. The highest BCUT2D eigenvalue weighted by Crippen LogP contribution is 2.48. The van der Waals surface area contributed by atoms with Crippen LogP contribution in [0.15, 0.2) is 0 Å². The third kappa shape index (κ3) is 1.53. The normalized spacial score (nSPS) is 43.4. The second-order valence-corrected chi connectivity index (χ2v) is 7.22. The van der Waals surface area contributed by atoms with Gasteiger partial charge >= 0.3 is 5.97 Å². The first-order chi connectivity index (χ1) is 7.89. The second kappa shape index (κ2) is 3.95. The predicted octanol–water partition coefficient (Wildman–Crippen LogP) is 0.530. The van der Waals surface area contributed by atoms with E-state index >= 15 is 0 Å². The molecule has 0 aromatic rings. The van der Waals surface area contributed by atoms with Crippen LogP contribution in [0.3, 0.4) is 0 Å². The Morgan fingerprint density at radius 3 is 2.71 bits per heavy atom. The molecule has 2 rings (SSSR count). The van der Waals surface area contributed by atoms with Crippen LogP contribution >= 0.6 is 0 Å². The van der Waals surface area contributed by atoms with Crippen molar-refractivity contribution in [1.82, 2.24) is 0 Å². The van der Waals surface area contributed by atoms with Crippen LogP contribution in [-0.2, 0) is 24.1 Å². The molecule has 2 saturated heterocycles. The van der Waals surface area contributed by atoms with Crippen LogP contribution in [0.5, 0.6) is 0 Å². The van der Waals surface area contributed by atoms with Crippen LogP contribution in [0, 0.1) is 5.92 Å². The van der Waals surface area contributed by atoms with E-state index in [-0.39, 0.29) is 24.2 Å². The van der Waals surface area contributed by atoms with Crippen LogP contribution in [0.2, 0.25) is 0 Å². The number of carbonyl (C=O) groups excluding carboxylic acids is 1. The van der Waals surface area contributed by atoms with Gasteiger partial charge in [0, 0.05) is 6.42 Å². The molecule has 0 spiro atoms. The molecule has 5 nitrogen and oxygen atoms in total. The van der Waals surface area contributed by atoms with Crippen molar-refractivity contribution in [3.8, 4) is 0 Å². The molecule has 0 aromatic heterocycles. The maximum atomic E-state index is 12.3. The fourth-order valence-electron chi connectivity index (χ4n) is 3.04. The first-order valence-corrected chi connectivity index (χ1v) is 7.50. The molecule has 2 fully saturated rings. The lowest BCUT2D eigenvalue weighted by Gasteiger charge is -2.23. The number of sulfone groups is 1. The summed E-state index contributed by atoms with van der Waals surface area (Å²) >= 11 is 0. The van der Waals surface area contributed by atoms with E-state index in [2.05, 4.69) is 0 Å². The summed E-state index contributed by atoms with van der Waals surface area (Å²) in [5.41, 5.74) is 0. The van der Waals surface area contributed by atoms with Crippen LogP contribution in [0.1, 0.15) is 26.7 Å². The predicted molar refractivity (Wildman–Crippen MR) is 61.3 cm³/mol. The molecule has 2 aliphatic rings. The highest BCUT2D eigenvalue weighted by Gasteiger charge is 2.68. The number of hydrogen-bond donors (Lipinski definition) is 0. The summed E-state index contributed by atoms with van der Waals surface area (Å²) in [4.78, 5) is 12.0. The summed E-state index contributed by atoms with van der Waals surface area (Å²) in [6, 6.07) is 0. The summed E-state index contributed by atoms with van der Waals surface area (Å²) in [6.07, 6.45) is 0.215. The minimum atomic E-state index is -3.49. The average molecular weight is 262 g/mol. The van der Waals surface area contributed by atoms with Gasteiger partial charge < -0.3 is 9.47 Å². The molecule has 0 aliphatic carbocycles. The lowest BCUT2D eigenvalue weighted by atomic mass is 9.91. The molecule has 0 amide bonds. The monoisotopic (exact) mass is 262 g/mol. The van der Waals surface area contributed by atoms with E-state index in [0.29, 0.717) is 6.42 Å². The number of carbonyl (C=O) groups is 1. The van der Waals surface area contributed by atoms with Crippen molar-refractivity contribution < 1.29 is 22.7 Å². The van der Waals surface area contributed by atoms with Gasteiger partial charge in [-0.1, -0.05) is 13.8 Å². The highest BCUT2D eigenvalue weighted by atomic mass is 32.2. The van der Waals surface area contributed by atoms with Gasteiger partial charge in [-0.3, -0.25) is 4.79 Å². The molecule has 0 bridgehead atoms. The molecule has 0 saturated carbocycles. The van der Waals surface area contributed by atoms with E-state index in [1.165, 1.54) is 7.11 Å². The Bertz CT molecular complexity index is 429. The van der Waals surface area contributed by atoms with E-state index < -0.39 is 26.7 Å². The summed E-state index contributed by atoms with van der Waals surface area (Å²) in [7, 11) is -2.26. The maximum absolute atomic E-state index is 12.3. The summed E-state index contributed by atoms with van der Waals surface area (Å²) in [6.45, 7) is 3.74.